The topological polar surface area (TPSA) is 95.6 Å². The molecule has 0 aliphatic carbocycles. The molecule has 2 aromatic carbocycles. The lowest BCUT2D eigenvalue weighted by atomic mass is 10.0. The standard InChI is InChI=1S/C24H28N2O7/c1-7-10-26-23(27)20(14-8-9-16(29-2)17(11-14)30-3)21(24(26)28)25-15-12-18(31-4)22(33-6)19(13-15)32-5/h8-9,11-13,25H,7,10H2,1-6H3. The first-order valence-corrected chi connectivity index (χ1v) is 10.3. The minimum absolute atomic E-state index is 0.148. The Morgan fingerprint density at radius 3 is 1.88 bits per heavy atom. The molecule has 9 heteroatoms. The van der Waals surface area contributed by atoms with Crippen molar-refractivity contribution in [2.45, 2.75) is 13.3 Å². The van der Waals surface area contributed by atoms with Crippen LogP contribution in [0.25, 0.3) is 5.57 Å². The first kappa shape index (κ1) is 23.8. The van der Waals surface area contributed by atoms with Gasteiger partial charge >= 0.3 is 0 Å². The molecule has 0 aromatic heterocycles. The van der Waals surface area contributed by atoms with Gasteiger partial charge in [-0.25, -0.2) is 0 Å². The van der Waals surface area contributed by atoms with Gasteiger partial charge in [-0.1, -0.05) is 13.0 Å². The number of amides is 2. The van der Waals surface area contributed by atoms with Crippen molar-refractivity contribution in [2.75, 3.05) is 47.4 Å². The summed E-state index contributed by atoms with van der Waals surface area (Å²) in [5.41, 5.74) is 1.41. The number of carbonyl (C=O) groups excluding carboxylic acids is 2. The molecule has 0 fully saturated rings. The molecule has 0 radical (unpaired) electrons. The van der Waals surface area contributed by atoms with E-state index >= 15 is 0 Å². The Kier molecular flexibility index (Phi) is 7.32. The van der Waals surface area contributed by atoms with Gasteiger partial charge in [-0.15, -0.1) is 0 Å². The lowest BCUT2D eigenvalue weighted by molar-refractivity contribution is -0.136. The van der Waals surface area contributed by atoms with E-state index in [9.17, 15) is 9.59 Å². The fourth-order valence-electron chi connectivity index (χ4n) is 3.68. The normalized spacial score (nSPS) is 13.3. The Morgan fingerprint density at radius 1 is 0.758 bits per heavy atom. The lowest BCUT2D eigenvalue weighted by Crippen LogP contribution is -2.33. The average Bonchev–Trinajstić information content (AvgIpc) is 3.07. The van der Waals surface area contributed by atoms with Crippen LogP contribution in [0.2, 0.25) is 0 Å². The number of benzene rings is 2. The van der Waals surface area contributed by atoms with Gasteiger partial charge in [0.15, 0.2) is 23.0 Å². The van der Waals surface area contributed by atoms with Gasteiger partial charge in [0.1, 0.15) is 5.70 Å². The second-order valence-corrected chi connectivity index (χ2v) is 7.12. The molecule has 9 nitrogen and oxygen atoms in total. The summed E-state index contributed by atoms with van der Waals surface area (Å²) in [5.74, 6) is 1.40. The maximum atomic E-state index is 13.3. The van der Waals surface area contributed by atoms with Crippen molar-refractivity contribution in [3.63, 3.8) is 0 Å². The molecule has 3 rings (SSSR count). The third kappa shape index (κ3) is 4.39. The highest BCUT2D eigenvalue weighted by atomic mass is 16.5. The fourth-order valence-corrected chi connectivity index (χ4v) is 3.68. The molecular weight excluding hydrogens is 428 g/mol. The van der Waals surface area contributed by atoms with Crippen molar-refractivity contribution < 1.29 is 33.3 Å². The van der Waals surface area contributed by atoms with E-state index in [-0.39, 0.29) is 17.2 Å². The van der Waals surface area contributed by atoms with Crippen LogP contribution in [0.5, 0.6) is 28.7 Å². The molecule has 2 aromatic rings. The van der Waals surface area contributed by atoms with Crippen LogP contribution in [-0.2, 0) is 9.59 Å². The van der Waals surface area contributed by atoms with Crippen LogP contribution in [0, 0.1) is 0 Å². The highest BCUT2D eigenvalue weighted by Crippen LogP contribution is 2.41. The Balaban J connectivity index is 2.15. The van der Waals surface area contributed by atoms with E-state index in [0.717, 1.165) is 0 Å². The summed E-state index contributed by atoms with van der Waals surface area (Å²) in [6.45, 7) is 2.20. The van der Waals surface area contributed by atoms with E-state index in [2.05, 4.69) is 5.32 Å². The van der Waals surface area contributed by atoms with Crippen LogP contribution in [0.4, 0.5) is 5.69 Å². The van der Waals surface area contributed by atoms with E-state index in [1.807, 2.05) is 6.92 Å². The van der Waals surface area contributed by atoms with E-state index < -0.39 is 5.91 Å². The summed E-state index contributed by atoms with van der Waals surface area (Å²) in [5, 5.41) is 3.10. The van der Waals surface area contributed by atoms with Crippen LogP contribution < -0.4 is 29.0 Å². The first-order chi connectivity index (χ1) is 15.9. The third-order valence-corrected chi connectivity index (χ3v) is 5.22. The lowest BCUT2D eigenvalue weighted by Gasteiger charge is -2.16. The smallest absolute Gasteiger partial charge is 0.278 e. The second kappa shape index (κ2) is 10.2. The second-order valence-electron chi connectivity index (χ2n) is 7.12. The van der Waals surface area contributed by atoms with E-state index in [1.165, 1.54) is 40.4 Å². The highest BCUT2D eigenvalue weighted by molar-refractivity contribution is 6.36. The molecule has 0 saturated heterocycles. The number of methoxy groups -OCH3 is 5. The summed E-state index contributed by atoms with van der Waals surface area (Å²) < 4.78 is 26.9. The summed E-state index contributed by atoms with van der Waals surface area (Å²) in [7, 11) is 7.55. The number of nitrogens with zero attached hydrogens (tertiary/aromatic N) is 1. The first-order valence-electron chi connectivity index (χ1n) is 10.3. The predicted octanol–water partition coefficient (Wildman–Crippen LogP) is 3.33. The van der Waals surface area contributed by atoms with Gasteiger partial charge in [-0.2, -0.15) is 0 Å². The number of carbonyl (C=O) groups is 2. The van der Waals surface area contributed by atoms with Crippen LogP contribution in [0.1, 0.15) is 18.9 Å². The Hall–Kier alpha value is -3.88. The van der Waals surface area contributed by atoms with Gasteiger partial charge in [0, 0.05) is 24.4 Å². The zero-order valence-electron chi connectivity index (χ0n) is 19.6. The molecule has 0 atom stereocenters. The largest absolute Gasteiger partial charge is 0.493 e. The molecule has 1 N–H and O–H groups in total. The molecule has 0 spiro atoms. The van der Waals surface area contributed by atoms with Gasteiger partial charge < -0.3 is 29.0 Å². The Morgan fingerprint density at radius 2 is 1.36 bits per heavy atom. The molecule has 0 unspecified atom stereocenters. The maximum Gasteiger partial charge on any atom is 0.278 e. The summed E-state index contributed by atoms with van der Waals surface area (Å²) >= 11 is 0. The SMILES string of the molecule is CCCN1C(=O)C(Nc2cc(OC)c(OC)c(OC)c2)=C(c2ccc(OC)c(OC)c2)C1=O. The van der Waals surface area contributed by atoms with Crippen molar-refractivity contribution >= 4 is 23.1 Å². The molecule has 33 heavy (non-hydrogen) atoms. The van der Waals surface area contributed by atoms with Gasteiger partial charge in [-0.3, -0.25) is 14.5 Å². The van der Waals surface area contributed by atoms with Gasteiger partial charge in [-0.05, 0) is 24.1 Å². The van der Waals surface area contributed by atoms with Crippen LogP contribution in [0.15, 0.2) is 36.0 Å². The zero-order chi connectivity index (χ0) is 24.1. The number of ether oxygens (including phenoxy) is 5. The molecule has 1 aliphatic rings. The molecule has 176 valence electrons. The number of hydrogen-bond acceptors (Lipinski definition) is 8. The molecule has 1 heterocycles. The Bertz CT molecular complexity index is 1070. The van der Waals surface area contributed by atoms with Gasteiger partial charge in [0.05, 0.1) is 41.1 Å². The third-order valence-electron chi connectivity index (χ3n) is 5.22. The number of nitrogens with one attached hydrogen (secondary N) is 1. The van der Waals surface area contributed by atoms with Crippen molar-refractivity contribution in [3.05, 3.63) is 41.6 Å². The van der Waals surface area contributed by atoms with E-state index in [0.29, 0.717) is 53.0 Å². The number of imide groups is 1. The fraction of sp³-hybridized carbons (Fsp3) is 0.333. The minimum Gasteiger partial charge on any atom is -0.493 e. The van der Waals surface area contributed by atoms with Crippen LogP contribution in [0.3, 0.4) is 0 Å². The van der Waals surface area contributed by atoms with Crippen molar-refractivity contribution in [1.29, 1.82) is 0 Å². The summed E-state index contributed by atoms with van der Waals surface area (Å²) in [6, 6.07) is 8.42. The monoisotopic (exact) mass is 456 g/mol. The van der Waals surface area contributed by atoms with Crippen LogP contribution >= 0.6 is 0 Å². The summed E-state index contributed by atoms with van der Waals surface area (Å²) in [6.07, 6.45) is 0.633. The predicted molar refractivity (Wildman–Crippen MR) is 123 cm³/mol. The van der Waals surface area contributed by atoms with E-state index in [1.54, 1.807) is 30.3 Å². The van der Waals surface area contributed by atoms with E-state index in [4.69, 9.17) is 23.7 Å². The van der Waals surface area contributed by atoms with Crippen molar-refractivity contribution in [2.24, 2.45) is 0 Å². The minimum atomic E-state index is -0.416. The quantitative estimate of drug-likeness (QED) is 0.544. The number of rotatable bonds is 10. The average molecular weight is 456 g/mol. The summed E-state index contributed by atoms with van der Waals surface area (Å²) in [4.78, 5) is 27.7. The molecule has 0 bridgehead atoms. The molecule has 1 aliphatic heterocycles. The van der Waals surface area contributed by atoms with Gasteiger partial charge in [0.25, 0.3) is 11.8 Å². The molecule has 0 saturated carbocycles. The molecule has 2 amide bonds. The van der Waals surface area contributed by atoms with Crippen LogP contribution in [-0.4, -0.2) is 58.8 Å². The zero-order valence-corrected chi connectivity index (χ0v) is 19.6. The molecular formula is C24H28N2O7. The number of hydrogen-bond donors (Lipinski definition) is 1. The van der Waals surface area contributed by atoms with Gasteiger partial charge in [0.2, 0.25) is 5.75 Å². The Labute approximate surface area is 192 Å². The maximum absolute atomic E-state index is 13.3. The van der Waals surface area contributed by atoms with Crippen molar-refractivity contribution in [3.8, 4) is 28.7 Å². The van der Waals surface area contributed by atoms with Crippen molar-refractivity contribution in [1.82, 2.24) is 4.90 Å². The number of anilines is 1. The highest BCUT2D eigenvalue weighted by Gasteiger charge is 2.39.